The maximum absolute atomic E-state index is 11.3. The molecule has 0 aliphatic rings. The second kappa shape index (κ2) is 7.12. The first-order valence-corrected chi connectivity index (χ1v) is 12.5. The first-order chi connectivity index (χ1) is 10.4. The second-order valence-corrected chi connectivity index (χ2v) is 11.0. The van der Waals surface area contributed by atoms with Gasteiger partial charge in [-0.3, -0.25) is 0 Å². The van der Waals surface area contributed by atoms with Gasteiger partial charge < -0.3 is 0 Å². The van der Waals surface area contributed by atoms with E-state index in [1.807, 2.05) is 38.1 Å². The van der Waals surface area contributed by atoms with Gasteiger partial charge >= 0.3 is 139 Å². The summed E-state index contributed by atoms with van der Waals surface area (Å²) in [5, 5.41) is 18.6. The van der Waals surface area contributed by atoms with Gasteiger partial charge in [0.15, 0.2) is 0 Å². The first-order valence-electron chi connectivity index (χ1n) is 6.41. The van der Waals surface area contributed by atoms with Gasteiger partial charge in [0, 0.05) is 0 Å². The molecule has 4 nitrogen and oxygen atoms in total. The van der Waals surface area contributed by atoms with E-state index in [1.165, 1.54) is 0 Å². The number of carboxylic acid groups (broad SMARTS) is 2. The number of hydrogen-bond acceptors (Lipinski definition) is 2. The zero-order valence-corrected chi connectivity index (χ0v) is 15.4. The van der Waals surface area contributed by atoms with Gasteiger partial charge in [0.05, 0.1) is 0 Å². The Morgan fingerprint density at radius 2 is 1.14 bits per heavy atom. The third-order valence-electron chi connectivity index (χ3n) is 2.95. The zero-order valence-electron chi connectivity index (χ0n) is 12.0. The maximum atomic E-state index is 11.3. The van der Waals surface area contributed by atoms with E-state index >= 15 is 0 Å². The normalized spacial score (nSPS) is 10.5. The van der Waals surface area contributed by atoms with E-state index in [-0.39, 0.29) is 26.3 Å². The number of benzene rings is 2. The van der Waals surface area contributed by atoms with E-state index in [0.717, 1.165) is 20.1 Å². The number of hydrogen-bond donors (Lipinski definition) is 2. The van der Waals surface area contributed by atoms with Gasteiger partial charge in [0.25, 0.3) is 0 Å². The summed E-state index contributed by atoms with van der Waals surface area (Å²) in [6, 6.07) is 10.8. The molecular formula is C16H14O4Se2. The van der Waals surface area contributed by atoms with Gasteiger partial charge in [-0.05, 0) is 0 Å². The van der Waals surface area contributed by atoms with Crippen LogP contribution in [0, 0.1) is 13.8 Å². The third kappa shape index (κ3) is 3.99. The minimum atomic E-state index is -0.932. The summed E-state index contributed by atoms with van der Waals surface area (Å²) in [5.41, 5.74) is 2.47. The summed E-state index contributed by atoms with van der Waals surface area (Å²) in [7, 11) is 0. The van der Waals surface area contributed by atoms with Gasteiger partial charge in [0.2, 0.25) is 0 Å². The van der Waals surface area contributed by atoms with E-state index in [2.05, 4.69) is 0 Å². The molecule has 0 unspecified atom stereocenters. The van der Waals surface area contributed by atoms with Crippen molar-refractivity contribution in [3.05, 3.63) is 58.7 Å². The first kappa shape index (κ1) is 16.8. The average molecular weight is 428 g/mol. The fourth-order valence-electron chi connectivity index (χ4n) is 1.86. The Balaban J connectivity index is 2.28. The standard InChI is InChI=1S/C16H14O4Se2/c1-9-3-5-13(11(7-9)15(17)18)21-22-14-6-4-10(2)8-12(14)16(19)20/h3-8H,1-2H3,(H,17,18)(H,19,20). The minimum absolute atomic E-state index is 0.0755. The van der Waals surface area contributed by atoms with Crippen molar-refractivity contribution in [3.8, 4) is 0 Å². The summed E-state index contributed by atoms with van der Waals surface area (Å²) >= 11 is -0.151. The van der Waals surface area contributed by atoms with Crippen molar-refractivity contribution in [1.29, 1.82) is 0 Å². The summed E-state index contributed by atoms with van der Waals surface area (Å²) in [5.74, 6) is -1.86. The zero-order chi connectivity index (χ0) is 16.3. The van der Waals surface area contributed by atoms with Crippen molar-refractivity contribution in [2.24, 2.45) is 0 Å². The van der Waals surface area contributed by atoms with E-state index in [9.17, 15) is 19.8 Å². The quantitative estimate of drug-likeness (QED) is 0.697. The molecule has 0 spiro atoms. The van der Waals surface area contributed by atoms with Crippen molar-refractivity contribution in [3.63, 3.8) is 0 Å². The summed E-state index contributed by atoms with van der Waals surface area (Å²) in [6.07, 6.45) is 0. The molecule has 0 saturated heterocycles. The fourth-order valence-corrected chi connectivity index (χ4v) is 8.87. The van der Waals surface area contributed by atoms with Crippen molar-refractivity contribution in [2.45, 2.75) is 13.8 Å². The molecule has 0 radical (unpaired) electrons. The molecule has 0 fully saturated rings. The van der Waals surface area contributed by atoms with Crippen LogP contribution >= 0.6 is 0 Å². The molecule has 2 rings (SSSR count). The predicted molar refractivity (Wildman–Crippen MR) is 87.1 cm³/mol. The van der Waals surface area contributed by atoms with Gasteiger partial charge in [-0.1, -0.05) is 0 Å². The van der Waals surface area contributed by atoms with Crippen molar-refractivity contribution in [2.75, 3.05) is 0 Å². The van der Waals surface area contributed by atoms with E-state index < -0.39 is 11.9 Å². The van der Waals surface area contributed by atoms with Crippen LogP contribution in [0.5, 0.6) is 0 Å². The molecule has 2 aromatic carbocycles. The summed E-state index contributed by atoms with van der Waals surface area (Å²) < 4.78 is 1.62. The average Bonchev–Trinajstić information content (AvgIpc) is 2.46. The molecule has 0 atom stereocenters. The third-order valence-corrected chi connectivity index (χ3v) is 10.2. The molecular weight excluding hydrogens is 414 g/mol. The van der Waals surface area contributed by atoms with Crippen LogP contribution in [0.4, 0.5) is 0 Å². The molecule has 0 aliphatic carbocycles. The molecule has 2 aromatic rings. The van der Waals surface area contributed by atoms with Gasteiger partial charge in [0.1, 0.15) is 0 Å². The molecule has 0 aromatic heterocycles. The van der Waals surface area contributed by atoms with E-state index in [1.54, 1.807) is 12.1 Å². The molecule has 0 heterocycles. The summed E-state index contributed by atoms with van der Waals surface area (Å²) in [4.78, 5) is 22.7. The Kier molecular flexibility index (Phi) is 5.43. The Morgan fingerprint density at radius 1 is 0.773 bits per heavy atom. The number of rotatable bonds is 5. The number of aryl methyl sites for hydroxylation is 2. The molecule has 0 aliphatic heterocycles. The molecule has 0 bridgehead atoms. The van der Waals surface area contributed by atoms with Gasteiger partial charge in [-0.15, -0.1) is 0 Å². The van der Waals surface area contributed by atoms with Crippen LogP contribution in [0.3, 0.4) is 0 Å². The van der Waals surface area contributed by atoms with Crippen LogP contribution in [-0.2, 0) is 0 Å². The molecule has 0 amide bonds. The van der Waals surface area contributed by atoms with Crippen molar-refractivity contribution < 1.29 is 19.8 Å². The van der Waals surface area contributed by atoms with Crippen LogP contribution < -0.4 is 8.92 Å². The topological polar surface area (TPSA) is 74.6 Å². The van der Waals surface area contributed by atoms with Gasteiger partial charge in [-0.2, -0.15) is 0 Å². The molecule has 0 saturated carbocycles. The Labute approximate surface area is 139 Å². The molecule has 114 valence electrons. The number of carboxylic acids is 2. The predicted octanol–water partition coefficient (Wildman–Crippen LogP) is 0.974. The van der Waals surface area contributed by atoms with Crippen molar-refractivity contribution in [1.82, 2.24) is 0 Å². The SMILES string of the molecule is Cc1ccc([Se][Se]c2ccc(C)cc2C(=O)O)c(C(=O)O)c1. The van der Waals surface area contributed by atoms with Crippen LogP contribution in [0.25, 0.3) is 0 Å². The Hall–Kier alpha value is -1.58. The van der Waals surface area contributed by atoms with E-state index in [4.69, 9.17) is 0 Å². The number of carbonyl (C=O) groups is 2. The van der Waals surface area contributed by atoms with Crippen LogP contribution in [0.2, 0.25) is 0 Å². The van der Waals surface area contributed by atoms with Crippen LogP contribution in [-0.4, -0.2) is 48.4 Å². The molecule has 22 heavy (non-hydrogen) atoms. The van der Waals surface area contributed by atoms with Crippen LogP contribution in [0.15, 0.2) is 36.4 Å². The van der Waals surface area contributed by atoms with Crippen molar-refractivity contribution >= 4 is 47.1 Å². The van der Waals surface area contributed by atoms with Crippen LogP contribution in [0.1, 0.15) is 31.8 Å². The summed E-state index contributed by atoms with van der Waals surface area (Å²) in [6.45, 7) is 3.72. The Bertz CT molecular complexity index is 677. The van der Waals surface area contributed by atoms with Gasteiger partial charge in [-0.25, -0.2) is 0 Å². The second-order valence-electron chi connectivity index (χ2n) is 4.78. The molecule has 2 N–H and O–H groups in total. The Morgan fingerprint density at radius 3 is 1.45 bits per heavy atom. The number of aromatic carboxylic acids is 2. The molecule has 6 heteroatoms. The monoisotopic (exact) mass is 430 g/mol. The van der Waals surface area contributed by atoms with E-state index in [0.29, 0.717) is 11.1 Å². The fraction of sp³-hybridized carbons (Fsp3) is 0.125.